The fourth-order valence-electron chi connectivity index (χ4n) is 2.52. The molecule has 22 heavy (non-hydrogen) atoms. The van der Waals surface area contributed by atoms with E-state index in [1.807, 2.05) is 36.4 Å². The molecule has 0 unspecified atom stereocenters. The monoisotopic (exact) mass is 293 g/mol. The molecule has 3 rings (SSSR count). The van der Waals surface area contributed by atoms with Crippen molar-refractivity contribution in [2.24, 2.45) is 0 Å². The summed E-state index contributed by atoms with van der Waals surface area (Å²) in [5.41, 5.74) is 16.5. The SMILES string of the molecule is COc1ccc(CCc2cc(N)c3ccc(N)cc3n2)cc1. The first kappa shape index (κ1) is 14.2. The predicted molar refractivity (Wildman–Crippen MR) is 91.0 cm³/mol. The number of fused-ring (bicyclic) bond motifs is 1. The predicted octanol–water partition coefficient (Wildman–Crippen LogP) is 3.19. The molecule has 1 heterocycles. The second-order valence-electron chi connectivity index (χ2n) is 5.33. The molecule has 0 fully saturated rings. The minimum absolute atomic E-state index is 0.701. The van der Waals surface area contributed by atoms with Gasteiger partial charge in [-0.05, 0) is 54.8 Å². The molecule has 4 N–H and O–H groups in total. The summed E-state index contributed by atoms with van der Waals surface area (Å²) in [6.45, 7) is 0. The van der Waals surface area contributed by atoms with E-state index < -0.39 is 0 Å². The molecule has 3 aromatic rings. The summed E-state index contributed by atoms with van der Waals surface area (Å²) < 4.78 is 5.17. The first-order chi connectivity index (χ1) is 10.7. The lowest BCUT2D eigenvalue weighted by Crippen LogP contribution is -1.99. The van der Waals surface area contributed by atoms with Gasteiger partial charge in [-0.25, -0.2) is 0 Å². The molecule has 4 nitrogen and oxygen atoms in total. The number of hydrogen-bond acceptors (Lipinski definition) is 4. The van der Waals surface area contributed by atoms with Crippen molar-refractivity contribution in [2.75, 3.05) is 18.6 Å². The third-order valence-electron chi connectivity index (χ3n) is 3.75. The van der Waals surface area contributed by atoms with Gasteiger partial charge in [0.1, 0.15) is 5.75 Å². The Hall–Kier alpha value is -2.75. The Morgan fingerprint density at radius 2 is 1.73 bits per heavy atom. The largest absolute Gasteiger partial charge is 0.497 e. The van der Waals surface area contributed by atoms with Crippen molar-refractivity contribution in [1.29, 1.82) is 0 Å². The van der Waals surface area contributed by atoms with E-state index in [2.05, 4.69) is 17.1 Å². The van der Waals surface area contributed by atoms with E-state index >= 15 is 0 Å². The number of hydrogen-bond donors (Lipinski definition) is 2. The van der Waals surface area contributed by atoms with Gasteiger partial charge in [-0.1, -0.05) is 12.1 Å². The fourth-order valence-corrected chi connectivity index (χ4v) is 2.52. The van der Waals surface area contributed by atoms with Crippen molar-refractivity contribution >= 4 is 22.3 Å². The molecule has 0 spiro atoms. The molecule has 0 aliphatic heterocycles. The van der Waals surface area contributed by atoms with Crippen LogP contribution in [0, 0.1) is 0 Å². The Labute approximate surface area is 129 Å². The maximum Gasteiger partial charge on any atom is 0.118 e. The molecule has 0 amide bonds. The summed E-state index contributed by atoms with van der Waals surface area (Å²) in [6, 6.07) is 15.7. The molecule has 4 heteroatoms. The quantitative estimate of drug-likeness (QED) is 0.724. The minimum atomic E-state index is 0.701. The van der Waals surface area contributed by atoms with Crippen LogP contribution in [-0.4, -0.2) is 12.1 Å². The van der Waals surface area contributed by atoms with Gasteiger partial charge in [-0.3, -0.25) is 4.98 Å². The van der Waals surface area contributed by atoms with Crippen LogP contribution in [-0.2, 0) is 12.8 Å². The van der Waals surface area contributed by atoms with Gasteiger partial charge in [-0.15, -0.1) is 0 Å². The van der Waals surface area contributed by atoms with Gasteiger partial charge < -0.3 is 16.2 Å². The maximum absolute atomic E-state index is 6.12. The van der Waals surface area contributed by atoms with Gasteiger partial charge >= 0.3 is 0 Å². The highest BCUT2D eigenvalue weighted by Crippen LogP contribution is 2.23. The molecule has 0 saturated heterocycles. The lowest BCUT2D eigenvalue weighted by Gasteiger charge is -2.08. The maximum atomic E-state index is 6.12. The number of rotatable bonds is 4. The number of anilines is 2. The van der Waals surface area contributed by atoms with E-state index in [1.54, 1.807) is 7.11 Å². The number of methoxy groups -OCH3 is 1. The molecule has 0 aliphatic rings. The van der Waals surface area contributed by atoms with Crippen LogP contribution >= 0.6 is 0 Å². The van der Waals surface area contributed by atoms with Crippen molar-refractivity contribution in [2.45, 2.75) is 12.8 Å². The third kappa shape index (κ3) is 2.96. The van der Waals surface area contributed by atoms with Crippen molar-refractivity contribution in [3.05, 3.63) is 59.8 Å². The lowest BCUT2D eigenvalue weighted by atomic mass is 10.1. The molecule has 1 aromatic heterocycles. The van der Waals surface area contributed by atoms with E-state index in [-0.39, 0.29) is 0 Å². The van der Waals surface area contributed by atoms with Crippen molar-refractivity contribution in [3.63, 3.8) is 0 Å². The molecule has 0 radical (unpaired) electrons. The lowest BCUT2D eigenvalue weighted by molar-refractivity contribution is 0.414. The summed E-state index contributed by atoms with van der Waals surface area (Å²) in [7, 11) is 1.67. The van der Waals surface area contributed by atoms with Crippen LogP contribution in [0.25, 0.3) is 10.9 Å². The Morgan fingerprint density at radius 3 is 2.45 bits per heavy atom. The second kappa shape index (κ2) is 5.93. The van der Waals surface area contributed by atoms with Crippen LogP contribution in [0.3, 0.4) is 0 Å². The number of nitrogens with two attached hydrogens (primary N) is 2. The van der Waals surface area contributed by atoms with Gasteiger partial charge in [0.25, 0.3) is 0 Å². The summed E-state index contributed by atoms with van der Waals surface area (Å²) in [5.74, 6) is 0.868. The molecule has 2 aromatic carbocycles. The zero-order chi connectivity index (χ0) is 15.5. The topological polar surface area (TPSA) is 74.2 Å². The van der Waals surface area contributed by atoms with Gasteiger partial charge in [-0.2, -0.15) is 0 Å². The minimum Gasteiger partial charge on any atom is -0.497 e. The van der Waals surface area contributed by atoms with Gasteiger partial charge in [0, 0.05) is 22.5 Å². The Kier molecular flexibility index (Phi) is 3.83. The molecule has 112 valence electrons. The Bertz CT molecular complexity index is 797. The number of aromatic nitrogens is 1. The number of aryl methyl sites for hydroxylation is 2. The van der Waals surface area contributed by atoms with Gasteiger partial charge in [0.15, 0.2) is 0 Å². The molecule has 0 aliphatic carbocycles. The number of benzene rings is 2. The summed E-state index contributed by atoms with van der Waals surface area (Å²) >= 11 is 0. The zero-order valence-electron chi connectivity index (χ0n) is 12.5. The molecular weight excluding hydrogens is 274 g/mol. The van der Waals surface area contributed by atoms with Crippen LogP contribution in [0.5, 0.6) is 5.75 Å². The van der Waals surface area contributed by atoms with E-state index in [9.17, 15) is 0 Å². The molecule has 0 bridgehead atoms. The Morgan fingerprint density at radius 1 is 0.955 bits per heavy atom. The fraction of sp³-hybridized carbons (Fsp3) is 0.167. The van der Waals surface area contributed by atoms with E-state index in [1.165, 1.54) is 5.56 Å². The second-order valence-corrected chi connectivity index (χ2v) is 5.33. The Balaban J connectivity index is 1.81. The van der Waals surface area contributed by atoms with Crippen LogP contribution in [0.2, 0.25) is 0 Å². The molecule has 0 saturated carbocycles. The number of pyridine rings is 1. The van der Waals surface area contributed by atoms with Crippen molar-refractivity contribution < 1.29 is 4.74 Å². The normalized spacial score (nSPS) is 10.8. The third-order valence-corrected chi connectivity index (χ3v) is 3.75. The number of ether oxygens (including phenoxy) is 1. The summed E-state index contributed by atoms with van der Waals surface area (Å²) in [5, 5.41) is 0.947. The molecule has 0 atom stereocenters. The number of nitrogen functional groups attached to an aromatic ring is 2. The highest BCUT2D eigenvalue weighted by atomic mass is 16.5. The van der Waals surface area contributed by atoms with Crippen LogP contribution in [0.4, 0.5) is 11.4 Å². The highest BCUT2D eigenvalue weighted by molar-refractivity contribution is 5.92. The first-order valence-electron chi connectivity index (χ1n) is 7.23. The van der Waals surface area contributed by atoms with E-state index in [0.29, 0.717) is 5.69 Å². The standard InChI is InChI=1S/C18H19N3O/c1-22-15-7-3-12(4-8-15)2-6-14-11-17(20)16-9-5-13(19)10-18(16)21-14/h3-5,7-11H,2,6,19H2,1H3,(H2,20,21). The van der Waals surface area contributed by atoms with Crippen LogP contribution in [0.1, 0.15) is 11.3 Å². The van der Waals surface area contributed by atoms with Crippen LogP contribution < -0.4 is 16.2 Å². The van der Waals surface area contributed by atoms with Crippen molar-refractivity contribution in [3.8, 4) is 5.75 Å². The van der Waals surface area contributed by atoms with Gasteiger partial charge in [0.2, 0.25) is 0 Å². The average molecular weight is 293 g/mol. The summed E-state index contributed by atoms with van der Waals surface area (Å²) in [4.78, 5) is 4.66. The van der Waals surface area contributed by atoms with Gasteiger partial charge in [0.05, 0.1) is 12.6 Å². The van der Waals surface area contributed by atoms with Crippen molar-refractivity contribution in [1.82, 2.24) is 4.98 Å². The average Bonchev–Trinajstić information content (AvgIpc) is 2.53. The first-order valence-corrected chi connectivity index (χ1v) is 7.23. The van der Waals surface area contributed by atoms with E-state index in [0.717, 1.165) is 40.9 Å². The molecular formula is C18H19N3O. The van der Waals surface area contributed by atoms with Crippen LogP contribution in [0.15, 0.2) is 48.5 Å². The van der Waals surface area contributed by atoms with E-state index in [4.69, 9.17) is 16.2 Å². The smallest absolute Gasteiger partial charge is 0.118 e. The zero-order valence-corrected chi connectivity index (χ0v) is 12.5. The highest BCUT2D eigenvalue weighted by Gasteiger charge is 2.05. The summed E-state index contributed by atoms with van der Waals surface area (Å²) in [6.07, 6.45) is 1.74. The number of nitrogens with zero attached hydrogens (tertiary/aromatic N) is 1.